The first-order valence-corrected chi connectivity index (χ1v) is 11.5. The molecule has 9 heteroatoms. The smallest absolute Gasteiger partial charge is 0.239 e. The molecule has 0 unspecified atom stereocenters. The molecule has 3 aromatic rings. The second-order valence-corrected chi connectivity index (χ2v) is 9.15. The zero-order valence-electron chi connectivity index (χ0n) is 16.6. The van der Waals surface area contributed by atoms with Crippen molar-refractivity contribution in [2.24, 2.45) is 0 Å². The van der Waals surface area contributed by atoms with Crippen LogP contribution in [0.25, 0.3) is 0 Å². The number of sulfonamides is 1. The molecule has 0 fully saturated rings. The zero-order valence-corrected chi connectivity index (χ0v) is 18.2. The number of carbonyl (C=O) groups is 1. The van der Waals surface area contributed by atoms with E-state index in [1.807, 2.05) is 6.07 Å². The zero-order chi connectivity index (χ0) is 22.4. The number of amides is 1. The predicted octanol–water partition coefficient (Wildman–Crippen LogP) is 4.67. The van der Waals surface area contributed by atoms with Gasteiger partial charge in [0.25, 0.3) is 0 Å². The Labute approximate surface area is 185 Å². The highest BCUT2D eigenvalue weighted by atomic mass is 35.5. The van der Waals surface area contributed by atoms with Gasteiger partial charge in [-0.05, 0) is 36.4 Å². The summed E-state index contributed by atoms with van der Waals surface area (Å²) in [5, 5.41) is 2.99. The highest BCUT2D eigenvalue weighted by Crippen LogP contribution is 2.32. The van der Waals surface area contributed by atoms with E-state index in [0.717, 1.165) is 10.6 Å². The van der Waals surface area contributed by atoms with Gasteiger partial charge in [-0.3, -0.25) is 4.79 Å². The predicted molar refractivity (Wildman–Crippen MR) is 118 cm³/mol. The summed E-state index contributed by atoms with van der Waals surface area (Å²) in [7, 11) is -3.79. The van der Waals surface area contributed by atoms with Crippen molar-refractivity contribution < 1.29 is 22.3 Å². The molecule has 162 valence electrons. The van der Waals surface area contributed by atoms with E-state index in [9.17, 15) is 17.6 Å². The lowest BCUT2D eigenvalue weighted by atomic mass is 10.2. The SMILES string of the molecule is CS(=O)(=O)N(CC(=O)Nc1cc(Cl)ccc1Oc1ccccc1)Cc1ccccc1F. The fourth-order valence-corrected chi connectivity index (χ4v) is 3.66. The van der Waals surface area contributed by atoms with Crippen molar-refractivity contribution in [1.29, 1.82) is 0 Å². The van der Waals surface area contributed by atoms with E-state index in [-0.39, 0.29) is 17.8 Å². The number of nitrogens with one attached hydrogen (secondary N) is 1. The molecular weight excluding hydrogens is 443 g/mol. The maximum absolute atomic E-state index is 14.0. The van der Waals surface area contributed by atoms with E-state index in [2.05, 4.69) is 5.32 Å². The molecule has 31 heavy (non-hydrogen) atoms. The fraction of sp³-hybridized carbons (Fsp3) is 0.136. The van der Waals surface area contributed by atoms with E-state index in [0.29, 0.717) is 16.5 Å². The third kappa shape index (κ3) is 6.52. The topological polar surface area (TPSA) is 75.7 Å². The number of carbonyl (C=O) groups excluding carboxylic acids is 1. The number of ether oxygens (including phenoxy) is 1. The van der Waals surface area contributed by atoms with Crippen molar-refractivity contribution in [2.45, 2.75) is 6.54 Å². The van der Waals surface area contributed by atoms with Crippen LogP contribution in [0.4, 0.5) is 10.1 Å². The Bertz CT molecular complexity index is 1170. The Balaban J connectivity index is 1.78. The Morgan fingerprint density at radius 2 is 1.74 bits per heavy atom. The minimum Gasteiger partial charge on any atom is -0.455 e. The summed E-state index contributed by atoms with van der Waals surface area (Å²) in [6.45, 7) is -0.785. The van der Waals surface area contributed by atoms with Gasteiger partial charge in [0.1, 0.15) is 11.6 Å². The van der Waals surface area contributed by atoms with Crippen LogP contribution < -0.4 is 10.1 Å². The summed E-state index contributed by atoms with van der Waals surface area (Å²) < 4.78 is 45.0. The minimum atomic E-state index is -3.79. The van der Waals surface area contributed by atoms with Gasteiger partial charge in [-0.1, -0.05) is 48.0 Å². The average molecular weight is 463 g/mol. The molecule has 0 saturated heterocycles. The van der Waals surface area contributed by atoms with Crippen LogP contribution in [0.2, 0.25) is 5.02 Å². The molecule has 0 aromatic heterocycles. The third-order valence-corrected chi connectivity index (χ3v) is 5.71. The van der Waals surface area contributed by atoms with Crippen molar-refractivity contribution in [3.8, 4) is 11.5 Å². The molecule has 1 N–H and O–H groups in total. The summed E-state index contributed by atoms with van der Waals surface area (Å²) in [4.78, 5) is 12.7. The lowest BCUT2D eigenvalue weighted by molar-refractivity contribution is -0.116. The van der Waals surface area contributed by atoms with Crippen LogP contribution in [0.5, 0.6) is 11.5 Å². The number of rotatable bonds is 8. The number of anilines is 1. The first-order chi connectivity index (χ1) is 14.7. The van der Waals surface area contributed by atoms with Gasteiger partial charge in [-0.15, -0.1) is 0 Å². The van der Waals surface area contributed by atoms with Gasteiger partial charge in [0, 0.05) is 17.1 Å². The van der Waals surface area contributed by atoms with Crippen molar-refractivity contribution in [3.05, 3.63) is 89.2 Å². The number of nitrogens with zero attached hydrogens (tertiary/aromatic N) is 1. The molecule has 0 atom stereocenters. The number of hydrogen-bond acceptors (Lipinski definition) is 4. The molecule has 3 aromatic carbocycles. The van der Waals surface area contributed by atoms with Crippen molar-refractivity contribution in [2.75, 3.05) is 18.1 Å². The summed E-state index contributed by atoms with van der Waals surface area (Å²) in [6, 6.07) is 19.4. The highest BCUT2D eigenvalue weighted by molar-refractivity contribution is 7.88. The van der Waals surface area contributed by atoms with E-state index in [1.165, 1.54) is 24.3 Å². The van der Waals surface area contributed by atoms with Crippen LogP contribution in [0.15, 0.2) is 72.8 Å². The molecule has 0 aliphatic heterocycles. The van der Waals surface area contributed by atoms with Crippen molar-refractivity contribution in [3.63, 3.8) is 0 Å². The lowest BCUT2D eigenvalue weighted by Crippen LogP contribution is -2.37. The van der Waals surface area contributed by atoms with E-state index in [1.54, 1.807) is 42.5 Å². The minimum absolute atomic E-state index is 0.164. The Morgan fingerprint density at radius 3 is 2.42 bits per heavy atom. The molecule has 0 spiro atoms. The molecular formula is C22H20ClFN2O4S. The lowest BCUT2D eigenvalue weighted by Gasteiger charge is -2.20. The third-order valence-electron chi connectivity index (χ3n) is 4.28. The fourth-order valence-electron chi connectivity index (χ4n) is 2.76. The molecule has 6 nitrogen and oxygen atoms in total. The van der Waals surface area contributed by atoms with Crippen LogP contribution >= 0.6 is 11.6 Å². The number of benzene rings is 3. The molecule has 3 rings (SSSR count). The summed E-state index contributed by atoms with van der Waals surface area (Å²) in [5.74, 6) is -0.284. The molecule has 0 radical (unpaired) electrons. The van der Waals surface area contributed by atoms with Gasteiger partial charge < -0.3 is 10.1 Å². The highest BCUT2D eigenvalue weighted by Gasteiger charge is 2.22. The van der Waals surface area contributed by atoms with Gasteiger partial charge in [-0.2, -0.15) is 4.31 Å². The Kier molecular flexibility index (Phi) is 7.27. The maximum Gasteiger partial charge on any atom is 0.239 e. The van der Waals surface area contributed by atoms with Crippen LogP contribution in [0, 0.1) is 5.82 Å². The van der Waals surface area contributed by atoms with E-state index >= 15 is 0 Å². The van der Waals surface area contributed by atoms with E-state index < -0.39 is 28.3 Å². The number of para-hydroxylation sites is 1. The van der Waals surface area contributed by atoms with Gasteiger partial charge in [-0.25, -0.2) is 12.8 Å². The molecule has 0 heterocycles. The largest absolute Gasteiger partial charge is 0.455 e. The van der Waals surface area contributed by atoms with Gasteiger partial charge >= 0.3 is 0 Å². The van der Waals surface area contributed by atoms with Crippen LogP contribution in [-0.4, -0.2) is 31.4 Å². The normalized spacial score (nSPS) is 11.4. The van der Waals surface area contributed by atoms with Crippen LogP contribution in [-0.2, 0) is 21.4 Å². The Morgan fingerprint density at radius 1 is 1.06 bits per heavy atom. The molecule has 0 aliphatic rings. The molecule has 1 amide bonds. The quantitative estimate of drug-likeness (QED) is 0.527. The average Bonchev–Trinajstić information content (AvgIpc) is 2.71. The van der Waals surface area contributed by atoms with Crippen LogP contribution in [0.1, 0.15) is 5.56 Å². The molecule has 0 aliphatic carbocycles. The number of halogens is 2. The number of hydrogen-bond donors (Lipinski definition) is 1. The first-order valence-electron chi connectivity index (χ1n) is 9.23. The first kappa shape index (κ1) is 22.7. The van der Waals surface area contributed by atoms with Crippen LogP contribution in [0.3, 0.4) is 0 Å². The van der Waals surface area contributed by atoms with E-state index in [4.69, 9.17) is 16.3 Å². The second kappa shape index (κ2) is 9.91. The summed E-state index contributed by atoms with van der Waals surface area (Å²) in [6.07, 6.45) is 0.963. The second-order valence-electron chi connectivity index (χ2n) is 6.73. The van der Waals surface area contributed by atoms with Gasteiger partial charge in [0.15, 0.2) is 5.75 Å². The Hall–Kier alpha value is -2.94. The maximum atomic E-state index is 14.0. The molecule has 0 bridgehead atoms. The molecule has 0 saturated carbocycles. The van der Waals surface area contributed by atoms with Gasteiger partial charge in [0.2, 0.25) is 15.9 Å². The summed E-state index contributed by atoms with van der Waals surface area (Å²) >= 11 is 6.05. The van der Waals surface area contributed by atoms with Crippen molar-refractivity contribution >= 4 is 33.2 Å². The standard InChI is InChI=1S/C22H20ClFN2O4S/c1-31(28,29)26(14-16-7-5-6-10-19(16)24)15-22(27)25-20-13-17(23)11-12-21(20)30-18-8-3-2-4-9-18/h2-13H,14-15H2,1H3,(H,25,27). The summed E-state index contributed by atoms with van der Waals surface area (Å²) in [5.41, 5.74) is 0.442. The van der Waals surface area contributed by atoms with Gasteiger partial charge in [0.05, 0.1) is 18.5 Å². The van der Waals surface area contributed by atoms with Crippen molar-refractivity contribution in [1.82, 2.24) is 4.31 Å². The monoisotopic (exact) mass is 462 g/mol.